The first kappa shape index (κ1) is 27.2. The number of aryl methyl sites for hydroxylation is 1. The number of benzene rings is 3. The van der Waals surface area contributed by atoms with Crippen LogP contribution in [0.1, 0.15) is 62.8 Å². The van der Waals surface area contributed by atoms with E-state index >= 15 is 0 Å². The zero-order chi connectivity index (χ0) is 26.0. The molecule has 0 fully saturated rings. The van der Waals surface area contributed by atoms with Crippen molar-refractivity contribution in [2.24, 2.45) is 0 Å². The summed E-state index contributed by atoms with van der Waals surface area (Å²) in [5.74, 6) is -0.106. The Bertz CT molecular complexity index is 1090. The fourth-order valence-corrected chi connectivity index (χ4v) is 4.27. The third-order valence-electron chi connectivity index (χ3n) is 6.46. The SMILES string of the molecule is CCCNC(=O)[C@@H](Cc1ccccc1)N(Cc1ccccc1)C(=O)CCc1ccc(C(C)(C)C)cc1. The molecule has 3 aromatic carbocycles. The van der Waals surface area contributed by atoms with E-state index in [4.69, 9.17) is 0 Å². The summed E-state index contributed by atoms with van der Waals surface area (Å²) in [6, 6.07) is 27.8. The molecular formula is C32H40N2O2. The van der Waals surface area contributed by atoms with Crippen molar-refractivity contribution in [1.82, 2.24) is 10.2 Å². The third kappa shape index (κ3) is 8.08. The molecule has 0 heterocycles. The molecule has 4 nitrogen and oxygen atoms in total. The first-order valence-electron chi connectivity index (χ1n) is 13.0. The van der Waals surface area contributed by atoms with Gasteiger partial charge in [0.15, 0.2) is 0 Å². The molecule has 1 atom stereocenters. The van der Waals surface area contributed by atoms with E-state index in [1.54, 1.807) is 4.90 Å². The lowest BCUT2D eigenvalue weighted by Crippen LogP contribution is -2.50. The van der Waals surface area contributed by atoms with Crippen LogP contribution in [0.5, 0.6) is 0 Å². The van der Waals surface area contributed by atoms with Crippen LogP contribution in [0.4, 0.5) is 0 Å². The van der Waals surface area contributed by atoms with Gasteiger partial charge < -0.3 is 10.2 Å². The highest BCUT2D eigenvalue weighted by Gasteiger charge is 2.30. The monoisotopic (exact) mass is 484 g/mol. The van der Waals surface area contributed by atoms with Gasteiger partial charge in [-0.15, -0.1) is 0 Å². The number of carbonyl (C=O) groups is 2. The molecule has 190 valence electrons. The van der Waals surface area contributed by atoms with Crippen LogP contribution in [-0.2, 0) is 34.4 Å². The van der Waals surface area contributed by atoms with Crippen LogP contribution in [0.3, 0.4) is 0 Å². The Morgan fingerprint density at radius 3 is 1.94 bits per heavy atom. The van der Waals surface area contributed by atoms with Crippen LogP contribution in [-0.4, -0.2) is 29.3 Å². The smallest absolute Gasteiger partial charge is 0.243 e. The Balaban J connectivity index is 1.84. The number of amides is 2. The normalized spacial score (nSPS) is 12.1. The van der Waals surface area contributed by atoms with E-state index in [0.29, 0.717) is 32.4 Å². The lowest BCUT2D eigenvalue weighted by molar-refractivity contribution is -0.141. The van der Waals surface area contributed by atoms with E-state index in [2.05, 4.69) is 50.4 Å². The highest BCUT2D eigenvalue weighted by atomic mass is 16.2. The van der Waals surface area contributed by atoms with E-state index in [9.17, 15) is 9.59 Å². The highest BCUT2D eigenvalue weighted by molar-refractivity contribution is 5.88. The Morgan fingerprint density at radius 2 is 1.39 bits per heavy atom. The number of hydrogen-bond donors (Lipinski definition) is 1. The first-order chi connectivity index (χ1) is 17.3. The molecule has 36 heavy (non-hydrogen) atoms. The molecule has 0 aromatic heterocycles. The number of carbonyl (C=O) groups excluding carboxylic acids is 2. The van der Waals surface area contributed by atoms with Crippen molar-refractivity contribution in [2.45, 2.75) is 71.4 Å². The van der Waals surface area contributed by atoms with Crippen molar-refractivity contribution >= 4 is 11.8 Å². The second-order valence-corrected chi connectivity index (χ2v) is 10.5. The Labute approximate surface area is 216 Å². The van der Waals surface area contributed by atoms with Gasteiger partial charge >= 0.3 is 0 Å². The van der Waals surface area contributed by atoms with Crippen LogP contribution in [0.2, 0.25) is 0 Å². The average molecular weight is 485 g/mol. The molecular weight excluding hydrogens is 444 g/mol. The van der Waals surface area contributed by atoms with Gasteiger partial charge in [-0.25, -0.2) is 0 Å². The summed E-state index contributed by atoms with van der Waals surface area (Å²) in [6.07, 6.45) is 2.33. The zero-order valence-corrected chi connectivity index (χ0v) is 22.2. The predicted molar refractivity (Wildman–Crippen MR) is 148 cm³/mol. The summed E-state index contributed by atoms with van der Waals surface area (Å²) in [7, 11) is 0. The minimum Gasteiger partial charge on any atom is -0.354 e. The average Bonchev–Trinajstić information content (AvgIpc) is 2.88. The van der Waals surface area contributed by atoms with Gasteiger partial charge in [0, 0.05) is 25.9 Å². The molecule has 1 N–H and O–H groups in total. The maximum Gasteiger partial charge on any atom is 0.243 e. The molecule has 0 saturated carbocycles. The van der Waals surface area contributed by atoms with Gasteiger partial charge in [0.05, 0.1) is 0 Å². The topological polar surface area (TPSA) is 49.4 Å². The van der Waals surface area contributed by atoms with Crippen LogP contribution < -0.4 is 5.32 Å². The Hall–Kier alpha value is -3.40. The van der Waals surface area contributed by atoms with Crippen molar-refractivity contribution in [3.8, 4) is 0 Å². The molecule has 3 aromatic rings. The van der Waals surface area contributed by atoms with E-state index < -0.39 is 6.04 Å². The molecule has 3 rings (SSSR count). The van der Waals surface area contributed by atoms with Gasteiger partial charge in [0.25, 0.3) is 0 Å². The van der Waals surface area contributed by atoms with Gasteiger partial charge in [-0.05, 0) is 40.5 Å². The summed E-state index contributed by atoms with van der Waals surface area (Å²) >= 11 is 0. The molecule has 0 aliphatic rings. The molecule has 0 unspecified atom stereocenters. The highest BCUT2D eigenvalue weighted by Crippen LogP contribution is 2.23. The molecule has 2 amide bonds. The largest absolute Gasteiger partial charge is 0.354 e. The Morgan fingerprint density at radius 1 is 0.806 bits per heavy atom. The lowest BCUT2D eigenvalue weighted by Gasteiger charge is -2.31. The Kier molecular flexibility index (Phi) is 9.86. The van der Waals surface area contributed by atoms with Crippen molar-refractivity contribution in [1.29, 1.82) is 0 Å². The van der Waals surface area contributed by atoms with Gasteiger partial charge in [-0.2, -0.15) is 0 Å². The lowest BCUT2D eigenvalue weighted by atomic mass is 9.86. The van der Waals surface area contributed by atoms with Crippen LogP contribution in [0.25, 0.3) is 0 Å². The molecule has 0 spiro atoms. The molecule has 0 bridgehead atoms. The van der Waals surface area contributed by atoms with E-state index in [0.717, 1.165) is 23.1 Å². The third-order valence-corrected chi connectivity index (χ3v) is 6.46. The molecule has 0 radical (unpaired) electrons. The van der Waals surface area contributed by atoms with Crippen molar-refractivity contribution in [3.63, 3.8) is 0 Å². The second kappa shape index (κ2) is 13.1. The summed E-state index contributed by atoms with van der Waals surface area (Å²) < 4.78 is 0. The quantitative estimate of drug-likeness (QED) is 0.358. The van der Waals surface area contributed by atoms with Crippen LogP contribution in [0.15, 0.2) is 84.9 Å². The predicted octanol–water partition coefficient (Wildman–Crippen LogP) is 6.08. The van der Waals surface area contributed by atoms with Crippen LogP contribution >= 0.6 is 0 Å². The molecule has 0 saturated heterocycles. The fraction of sp³-hybridized carbons (Fsp3) is 0.375. The van der Waals surface area contributed by atoms with Crippen molar-refractivity contribution in [2.75, 3.05) is 6.54 Å². The van der Waals surface area contributed by atoms with E-state index in [-0.39, 0.29) is 17.2 Å². The summed E-state index contributed by atoms with van der Waals surface area (Å²) in [6.45, 7) is 9.62. The van der Waals surface area contributed by atoms with Gasteiger partial charge in [0.2, 0.25) is 11.8 Å². The minimum absolute atomic E-state index is 0.00803. The minimum atomic E-state index is -0.574. The van der Waals surface area contributed by atoms with Crippen LogP contribution in [0, 0.1) is 0 Å². The van der Waals surface area contributed by atoms with E-state index in [1.165, 1.54) is 5.56 Å². The van der Waals surface area contributed by atoms with E-state index in [1.807, 2.05) is 67.6 Å². The second-order valence-electron chi connectivity index (χ2n) is 10.5. The molecule has 4 heteroatoms. The first-order valence-corrected chi connectivity index (χ1v) is 13.0. The number of nitrogens with zero attached hydrogens (tertiary/aromatic N) is 1. The van der Waals surface area contributed by atoms with Crippen molar-refractivity contribution < 1.29 is 9.59 Å². The summed E-state index contributed by atoms with van der Waals surface area (Å²) in [5, 5.41) is 3.04. The summed E-state index contributed by atoms with van der Waals surface area (Å²) in [4.78, 5) is 28.8. The molecule has 0 aliphatic carbocycles. The van der Waals surface area contributed by atoms with Gasteiger partial charge in [-0.1, -0.05) is 113 Å². The maximum atomic E-state index is 13.7. The number of nitrogens with one attached hydrogen (secondary N) is 1. The number of hydrogen-bond acceptors (Lipinski definition) is 2. The van der Waals surface area contributed by atoms with Gasteiger partial charge in [-0.3, -0.25) is 9.59 Å². The fourth-order valence-electron chi connectivity index (χ4n) is 4.27. The maximum absolute atomic E-state index is 13.7. The van der Waals surface area contributed by atoms with Crippen molar-refractivity contribution in [3.05, 3.63) is 107 Å². The molecule has 0 aliphatic heterocycles. The standard InChI is InChI=1S/C32H40N2O2/c1-5-22-33-31(36)29(23-26-12-8-6-9-13-26)34(24-27-14-10-7-11-15-27)30(35)21-18-25-16-19-28(20-17-25)32(2,3)4/h6-17,19-20,29H,5,18,21-24H2,1-4H3,(H,33,36)/t29-/m1/s1. The summed E-state index contributed by atoms with van der Waals surface area (Å²) in [5.41, 5.74) is 4.56. The zero-order valence-electron chi connectivity index (χ0n) is 22.2. The number of rotatable bonds is 11. The van der Waals surface area contributed by atoms with Gasteiger partial charge in [0.1, 0.15) is 6.04 Å².